The predicted molar refractivity (Wildman–Crippen MR) is 66.5 cm³/mol. The van der Waals surface area contributed by atoms with E-state index in [1.165, 1.54) is 0 Å². The Balaban J connectivity index is 1.94. The summed E-state index contributed by atoms with van der Waals surface area (Å²) in [5.41, 5.74) is 0. The van der Waals surface area contributed by atoms with Gasteiger partial charge in [-0.15, -0.1) is 0 Å². The normalized spacial score (nSPS) is 20.1. The first-order chi connectivity index (χ1) is 9.10. The smallest absolute Gasteiger partial charge is 0.323 e. The highest BCUT2D eigenvalue weighted by Crippen LogP contribution is 2.13. The largest absolute Gasteiger partial charge is 0.463 e. The predicted octanol–water partition coefficient (Wildman–Crippen LogP) is 0.559. The van der Waals surface area contributed by atoms with Gasteiger partial charge in [-0.05, 0) is 13.5 Å². The van der Waals surface area contributed by atoms with E-state index in [0.29, 0.717) is 31.3 Å². The van der Waals surface area contributed by atoms with Crippen molar-refractivity contribution in [1.29, 1.82) is 0 Å². The van der Waals surface area contributed by atoms with E-state index in [-0.39, 0.29) is 18.3 Å². The summed E-state index contributed by atoms with van der Waals surface area (Å²) in [6, 6.07) is 1.10. The van der Waals surface area contributed by atoms with E-state index in [4.69, 9.17) is 9.26 Å². The zero-order valence-electron chi connectivity index (χ0n) is 11.0. The molecule has 0 aliphatic carbocycles. The lowest BCUT2D eigenvalue weighted by atomic mass is 10.1. The van der Waals surface area contributed by atoms with Gasteiger partial charge in [0, 0.05) is 12.6 Å². The average Bonchev–Trinajstić information content (AvgIpc) is 2.77. The number of hydrogen-bond acceptors (Lipinski definition) is 6. The van der Waals surface area contributed by atoms with Crippen molar-refractivity contribution in [3.8, 4) is 0 Å². The minimum absolute atomic E-state index is 0.0541. The number of nitrogens with zero attached hydrogens (tertiary/aromatic N) is 2. The van der Waals surface area contributed by atoms with Crippen molar-refractivity contribution in [2.24, 2.45) is 0 Å². The first-order valence-electron chi connectivity index (χ1n) is 6.24. The maximum absolute atomic E-state index is 11.9. The molecule has 104 valence electrons. The quantitative estimate of drug-likeness (QED) is 0.802. The third kappa shape index (κ3) is 3.31. The lowest BCUT2D eigenvalue weighted by Crippen LogP contribution is -2.50. The minimum atomic E-state index is -0.522. The van der Waals surface area contributed by atoms with Crippen molar-refractivity contribution in [3.63, 3.8) is 0 Å². The molecule has 1 fully saturated rings. The Morgan fingerprint density at radius 2 is 2.42 bits per heavy atom. The molecule has 1 aliphatic rings. The van der Waals surface area contributed by atoms with Gasteiger partial charge < -0.3 is 14.6 Å². The van der Waals surface area contributed by atoms with Crippen LogP contribution in [0.2, 0.25) is 0 Å². The Morgan fingerprint density at radius 3 is 3.05 bits per heavy atom. The SMILES string of the molecule is CCN1CCOC(=O)C1CC(=O)Nc1cc(C)on1. The zero-order chi connectivity index (χ0) is 13.8. The minimum Gasteiger partial charge on any atom is -0.463 e. The number of morpholine rings is 1. The van der Waals surface area contributed by atoms with Crippen molar-refractivity contribution < 1.29 is 18.8 Å². The summed E-state index contributed by atoms with van der Waals surface area (Å²) in [6.07, 6.45) is 0.0541. The van der Waals surface area contributed by atoms with Crippen LogP contribution in [0, 0.1) is 6.92 Å². The number of likely N-dealkylation sites (N-methyl/N-ethyl adjacent to an activating group) is 1. The van der Waals surface area contributed by atoms with Gasteiger partial charge in [0.25, 0.3) is 0 Å². The average molecular weight is 267 g/mol. The van der Waals surface area contributed by atoms with E-state index in [1.54, 1.807) is 13.0 Å². The molecule has 1 saturated heterocycles. The van der Waals surface area contributed by atoms with Crippen LogP contribution in [0.15, 0.2) is 10.6 Å². The highest BCUT2D eigenvalue weighted by atomic mass is 16.5. The molecule has 0 spiro atoms. The molecule has 7 nitrogen and oxygen atoms in total. The van der Waals surface area contributed by atoms with Crippen molar-refractivity contribution >= 4 is 17.7 Å². The number of cyclic esters (lactones) is 1. The number of aryl methyl sites for hydroxylation is 1. The maximum Gasteiger partial charge on any atom is 0.323 e. The van der Waals surface area contributed by atoms with Crippen molar-refractivity contribution in [3.05, 3.63) is 11.8 Å². The molecule has 0 radical (unpaired) electrons. The molecular weight excluding hydrogens is 250 g/mol. The Bertz CT molecular complexity index is 471. The van der Waals surface area contributed by atoms with E-state index in [1.807, 2.05) is 11.8 Å². The molecule has 1 amide bonds. The van der Waals surface area contributed by atoms with Gasteiger partial charge in [0.1, 0.15) is 18.4 Å². The topological polar surface area (TPSA) is 84.7 Å². The van der Waals surface area contributed by atoms with Gasteiger partial charge in [-0.25, -0.2) is 0 Å². The summed E-state index contributed by atoms with van der Waals surface area (Å²) in [7, 11) is 0. The number of hydrogen-bond donors (Lipinski definition) is 1. The Hall–Kier alpha value is -1.89. The van der Waals surface area contributed by atoms with Gasteiger partial charge in [0.15, 0.2) is 5.82 Å². The number of ether oxygens (including phenoxy) is 1. The van der Waals surface area contributed by atoms with Gasteiger partial charge in [-0.3, -0.25) is 14.5 Å². The van der Waals surface area contributed by atoms with Crippen molar-refractivity contribution in [2.75, 3.05) is 25.0 Å². The van der Waals surface area contributed by atoms with Crippen LogP contribution in [0.1, 0.15) is 19.1 Å². The molecule has 2 rings (SSSR count). The van der Waals surface area contributed by atoms with Crippen LogP contribution < -0.4 is 5.32 Å². The number of nitrogens with one attached hydrogen (secondary N) is 1. The van der Waals surface area contributed by atoms with Gasteiger partial charge in [0.05, 0.1) is 6.42 Å². The van der Waals surface area contributed by atoms with Crippen LogP contribution >= 0.6 is 0 Å². The Morgan fingerprint density at radius 1 is 1.63 bits per heavy atom. The summed E-state index contributed by atoms with van der Waals surface area (Å²) < 4.78 is 9.84. The molecule has 1 unspecified atom stereocenters. The van der Waals surface area contributed by atoms with E-state index in [0.717, 1.165) is 0 Å². The Kier molecular flexibility index (Phi) is 4.16. The lowest BCUT2D eigenvalue weighted by molar-refractivity contribution is -0.158. The van der Waals surface area contributed by atoms with E-state index in [2.05, 4.69) is 10.5 Å². The number of rotatable bonds is 4. The van der Waals surface area contributed by atoms with Gasteiger partial charge in [-0.1, -0.05) is 12.1 Å². The summed E-state index contributed by atoms with van der Waals surface area (Å²) in [4.78, 5) is 25.5. The summed E-state index contributed by atoms with van der Waals surface area (Å²) in [5, 5.41) is 6.27. The van der Waals surface area contributed by atoms with Crippen LogP contribution in [-0.2, 0) is 14.3 Å². The Labute approximate surface area is 110 Å². The molecule has 0 bridgehead atoms. The van der Waals surface area contributed by atoms with Crippen molar-refractivity contribution in [2.45, 2.75) is 26.3 Å². The fourth-order valence-electron chi connectivity index (χ4n) is 2.05. The lowest BCUT2D eigenvalue weighted by Gasteiger charge is -2.32. The zero-order valence-corrected chi connectivity index (χ0v) is 11.0. The first-order valence-corrected chi connectivity index (χ1v) is 6.24. The summed E-state index contributed by atoms with van der Waals surface area (Å²) in [6.45, 7) is 5.43. The number of anilines is 1. The third-order valence-corrected chi connectivity index (χ3v) is 3.02. The van der Waals surface area contributed by atoms with Crippen LogP contribution in [0.3, 0.4) is 0 Å². The van der Waals surface area contributed by atoms with E-state index < -0.39 is 6.04 Å². The molecule has 0 aromatic carbocycles. The highest BCUT2D eigenvalue weighted by Gasteiger charge is 2.32. The fourth-order valence-corrected chi connectivity index (χ4v) is 2.05. The molecular formula is C12H17N3O4. The monoisotopic (exact) mass is 267 g/mol. The van der Waals surface area contributed by atoms with E-state index in [9.17, 15) is 9.59 Å². The van der Waals surface area contributed by atoms with Gasteiger partial charge in [-0.2, -0.15) is 0 Å². The molecule has 1 aliphatic heterocycles. The number of aromatic nitrogens is 1. The number of carbonyl (C=O) groups is 2. The van der Waals surface area contributed by atoms with Crippen LogP contribution in [0.5, 0.6) is 0 Å². The number of amides is 1. The molecule has 1 aromatic heterocycles. The second-order valence-corrected chi connectivity index (χ2v) is 4.39. The molecule has 2 heterocycles. The molecule has 1 N–H and O–H groups in total. The van der Waals surface area contributed by atoms with E-state index >= 15 is 0 Å². The van der Waals surface area contributed by atoms with Crippen LogP contribution in [0.25, 0.3) is 0 Å². The molecule has 1 atom stereocenters. The van der Waals surface area contributed by atoms with Crippen LogP contribution in [-0.4, -0.2) is 47.7 Å². The van der Waals surface area contributed by atoms with Crippen LogP contribution in [0.4, 0.5) is 5.82 Å². The van der Waals surface area contributed by atoms with Crippen molar-refractivity contribution in [1.82, 2.24) is 10.1 Å². The second-order valence-electron chi connectivity index (χ2n) is 4.39. The fraction of sp³-hybridized carbons (Fsp3) is 0.583. The number of carbonyl (C=O) groups excluding carboxylic acids is 2. The van der Waals surface area contributed by atoms with Gasteiger partial charge >= 0.3 is 5.97 Å². The molecule has 0 saturated carbocycles. The maximum atomic E-state index is 11.9. The first kappa shape index (κ1) is 13.5. The van der Waals surface area contributed by atoms with Gasteiger partial charge in [0.2, 0.25) is 5.91 Å². The molecule has 19 heavy (non-hydrogen) atoms. The molecule has 1 aromatic rings. The summed E-state index contributed by atoms with van der Waals surface area (Å²) >= 11 is 0. The second kappa shape index (κ2) is 5.83. The third-order valence-electron chi connectivity index (χ3n) is 3.02. The number of esters is 1. The summed E-state index contributed by atoms with van der Waals surface area (Å²) in [5.74, 6) is 0.340. The molecule has 7 heteroatoms. The standard InChI is InChI=1S/C12H17N3O4/c1-3-15-4-5-18-12(17)9(15)7-11(16)13-10-6-8(2)19-14-10/h6,9H,3-5,7H2,1-2H3,(H,13,14,16). The highest BCUT2D eigenvalue weighted by molar-refractivity contribution is 5.93.